The Morgan fingerprint density at radius 3 is 2.32 bits per heavy atom. The monoisotopic (exact) mass is 392 g/mol. The molecule has 2 aromatic rings. The van der Waals surface area contributed by atoms with E-state index in [0.717, 1.165) is 34.4 Å². The molecule has 0 radical (unpaired) electrons. The average Bonchev–Trinajstić information content (AvgIpc) is 3.06. The lowest BCUT2D eigenvalue weighted by Gasteiger charge is -2.21. The summed E-state index contributed by atoms with van der Waals surface area (Å²) in [6.07, 6.45) is 1.41. The highest BCUT2D eigenvalue weighted by Crippen LogP contribution is 2.29. The summed E-state index contributed by atoms with van der Waals surface area (Å²) in [5, 5.41) is 6.97. The van der Waals surface area contributed by atoms with Crippen molar-refractivity contribution in [3.05, 3.63) is 81.5 Å². The van der Waals surface area contributed by atoms with Crippen molar-refractivity contribution in [2.24, 2.45) is 5.10 Å². The third kappa shape index (κ3) is 4.81. The Balaban J connectivity index is 1.90. The molecule has 0 N–H and O–H groups in total. The van der Waals surface area contributed by atoms with E-state index in [1.165, 1.54) is 5.56 Å². The maximum absolute atomic E-state index is 12.2. The van der Waals surface area contributed by atoms with Crippen LogP contribution in [0.3, 0.4) is 0 Å². The molecule has 1 aliphatic heterocycles. The number of rotatable bonds is 4. The van der Waals surface area contributed by atoms with Crippen LogP contribution < -0.4 is 0 Å². The molecule has 1 atom stereocenters. The summed E-state index contributed by atoms with van der Waals surface area (Å²) < 4.78 is 0. The second kappa shape index (κ2) is 8.60. The van der Waals surface area contributed by atoms with Gasteiger partial charge in [0.25, 0.3) is 0 Å². The smallest absolute Gasteiger partial charge is 0.239 e. The lowest BCUT2D eigenvalue weighted by molar-refractivity contribution is -0.130. The molecule has 1 heterocycles. The Morgan fingerprint density at radius 2 is 1.75 bits per heavy atom. The minimum absolute atomic E-state index is 0.0219. The van der Waals surface area contributed by atoms with E-state index in [1.54, 1.807) is 11.9 Å². The number of nitrogens with zero attached hydrogens (tertiary/aromatic N) is 2. The summed E-state index contributed by atoms with van der Waals surface area (Å²) in [6.45, 7) is 7.69. The van der Waals surface area contributed by atoms with E-state index in [-0.39, 0.29) is 11.9 Å². The molecular formula is C24H25ClN2O. The Morgan fingerprint density at radius 1 is 1.11 bits per heavy atom. The standard InChI is InChI=1S/C24H25ClN2O/c1-16(2)13-21(19-9-11-22(25)12-10-19)14-23-15-24(26-27(23)18(4)28)20-7-5-17(3)6-8-20/h5-12,23H,14-15H2,1-4H3. The van der Waals surface area contributed by atoms with Crippen LogP contribution in [0.4, 0.5) is 0 Å². The van der Waals surface area contributed by atoms with Gasteiger partial charge in [-0.25, -0.2) is 5.01 Å². The van der Waals surface area contributed by atoms with E-state index in [9.17, 15) is 4.79 Å². The lowest BCUT2D eigenvalue weighted by Crippen LogP contribution is -2.31. The largest absolute Gasteiger partial charge is 0.273 e. The molecule has 3 nitrogen and oxygen atoms in total. The Hall–Kier alpha value is -2.61. The van der Waals surface area contributed by atoms with Crippen LogP contribution in [0.25, 0.3) is 5.57 Å². The molecule has 2 aromatic carbocycles. The fourth-order valence-electron chi connectivity index (χ4n) is 3.40. The van der Waals surface area contributed by atoms with E-state index in [2.05, 4.69) is 42.0 Å². The molecule has 144 valence electrons. The van der Waals surface area contributed by atoms with Crippen LogP contribution >= 0.6 is 11.6 Å². The quantitative estimate of drug-likeness (QED) is 0.586. The predicted octanol–water partition coefficient (Wildman–Crippen LogP) is 6.01. The van der Waals surface area contributed by atoms with E-state index >= 15 is 0 Å². The maximum Gasteiger partial charge on any atom is 0.239 e. The number of amides is 1. The lowest BCUT2D eigenvalue weighted by atomic mass is 9.94. The van der Waals surface area contributed by atoms with Gasteiger partial charge in [-0.2, -0.15) is 5.10 Å². The minimum atomic E-state index is -0.0419. The third-order valence-corrected chi connectivity index (χ3v) is 5.00. The van der Waals surface area contributed by atoms with Crippen molar-refractivity contribution in [3.8, 4) is 0 Å². The van der Waals surface area contributed by atoms with Gasteiger partial charge in [0.05, 0.1) is 11.8 Å². The van der Waals surface area contributed by atoms with Crippen LogP contribution in [0.15, 0.2) is 64.9 Å². The molecule has 0 aromatic heterocycles. The maximum atomic E-state index is 12.2. The van der Waals surface area contributed by atoms with Gasteiger partial charge >= 0.3 is 0 Å². The number of carbonyl (C=O) groups excluding carboxylic acids is 1. The summed E-state index contributed by atoms with van der Waals surface area (Å²) in [6, 6.07) is 16.0. The van der Waals surface area contributed by atoms with E-state index in [0.29, 0.717) is 11.4 Å². The molecule has 1 aliphatic rings. The van der Waals surface area contributed by atoms with Crippen molar-refractivity contribution in [2.45, 2.75) is 46.6 Å². The molecule has 1 unspecified atom stereocenters. The van der Waals surface area contributed by atoms with Crippen LogP contribution in [0.1, 0.15) is 50.3 Å². The first-order valence-corrected chi connectivity index (χ1v) is 9.84. The summed E-state index contributed by atoms with van der Waals surface area (Å²) in [4.78, 5) is 12.2. The first-order valence-electron chi connectivity index (χ1n) is 9.46. The topological polar surface area (TPSA) is 32.7 Å². The Labute approximate surface area is 172 Å². The van der Waals surface area contributed by atoms with Gasteiger partial charge in [0.15, 0.2) is 0 Å². The van der Waals surface area contributed by atoms with Crippen LogP contribution in [-0.4, -0.2) is 22.7 Å². The molecule has 28 heavy (non-hydrogen) atoms. The van der Waals surface area contributed by atoms with Crippen LogP contribution in [0.5, 0.6) is 0 Å². The van der Waals surface area contributed by atoms with Gasteiger partial charge in [-0.15, -0.1) is 5.73 Å². The van der Waals surface area contributed by atoms with Crippen molar-refractivity contribution < 1.29 is 4.79 Å². The molecular weight excluding hydrogens is 368 g/mol. The Bertz CT molecular complexity index is 961. The number of hydrazone groups is 1. The highest BCUT2D eigenvalue weighted by molar-refractivity contribution is 6.30. The molecule has 0 fully saturated rings. The van der Waals surface area contributed by atoms with Crippen LogP contribution in [-0.2, 0) is 4.79 Å². The molecule has 0 saturated carbocycles. The van der Waals surface area contributed by atoms with Crippen LogP contribution in [0.2, 0.25) is 5.02 Å². The van der Waals surface area contributed by atoms with E-state index in [1.807, 2.05) is 38.1 Å². The molecule has 1 amide bonds. The van der Waals surface area contributed by atoms with Gasteiger partial charge in [-0.1, -0.05) is 53.6 Å². The second-order valence-electron chi connectivity index (χ2n) is 7.45. The minimum Gasteiger partial charge on any atom is -0.273 e. The highest BCUT2D eigenvalue weighted by atomic mass is 35.5. The van der Waals surface area contributed by atoms with Crippen molar-refractivity contribution >= 4 is 28.8 Å². The first kappa shape index (κ1) is 20.1. The number of aryl methyl sites for hydroxylation is 1. The normalized spacial score (nSPS) is 15.8. The van der Waals surface area contributed by atoms with Gasteiger partial charge in [0.2, 0.25) is 5.91 Å². The first-order chi connectivity index (χ1) is 13.3. The molecule has 0 bridgehead atoms. The Kier molecular flexibility index (Phi) is 6.18. The number of halogens is 1. The summed E-state index contributed by atoms with van der Waals surface area (Å²) in [5.41, 5.74) is 9.92. The van der Waals surface area contributed by atoms with Crippen molar-refractivity contribution in [1.82, 2.24) is 5.01 Å². The SMILES string of the molecule is CC(=O)N1N=C(c2ccc(C)cc2)CC1CC(=C=C(C)C)c1ccc(Cl)cc1. The van der Waals surface area contributed by atoms with Crippen molar-refractivity contribution in [1.29, 1.82) is 0 Å². The summed E-state index contributed by atoms with van der Waals surface area (Å²) >= 11 is 6.05. The summed E-state index contributed by atoms with van der Waals surface area (Å²) in [5.74, 6) is -0.0419. The van der Waals surface area contributed by atoms with Crippen molar-refractivity contribution in [3.63, 3.8) is 0 Å². The highest BCUT2D eigenvalue weighted by Gasteiger charge is 2.31. The molecule has 3 rings (SSSR count). The van der Waals surface area contributed by atoms with Gasteiger partial charge in [-0.05, 0) is 49.6 Å². The molecule has 4 heteroatoms. The molecule has 0 aliphatic carbocycles. The van der Waals surface area contributed by atoms with Crippen LogP contribution in [0, 0.1) is 6.92 Å². The zero-order chi connectivity index (χ0) is 20.3. The average molecular weight is 393 g/mol. The fraction of sp³-hybridized carbons (Fsp3) is 0.292. The van der Waals surface area contributed by atoms with Crippen molar-refractivity contribution in [2.75, 3.05) is 0 Å². The molecule has 0 spiro atoms. The number of hydrogen-bond donors (Lipinski definition) is 0. The molecule has 0 saturated heterocycles. The van der Waals surface area contributed by atoms with E-state index < -0.39 is 0 Å². The van der Waals surface area contributed by atoms with Gasteiger partial charge in [0, 0.05) is 30.4 Å². The number of hydrogen-bond acceptors (Lipinski definition) is 2. The van der Waals surface area contributed by atoms with Gasteiger partial charge in [0.1, 0.15) is 0 Å². The summed E-state index contributed by atoms with van der Waals surface area (Å²) in [7, 11) is 0. The second-order valence-corrected chi connectivity index (χ2v) is 7.89. The predicted molar refractivity (Wildman–Crippen MR) is 116 cm³/mol. The van der Waals surface area contributed by atoms with Gasteiger partial charge < -0.3 is 0 Å². The zero-order valence-corrected chi connectivity index (χ0v) is 17.5. The zero-order valence-electron chi connectivity index (χ0n) is 16.8. The van der Waals surface area contributed by atoms with Gasteiger partial charge in [-0.3, -0.25) is 4.79 Å². The number of carbonyl (C=O) groups is 1. The van der Waals surface area contributed by atoms with E-state index in [4.69, 9.17) is 11.6 Å². The fourth-order valence-corrected chi connectivity index (χ4v) is 3.53. The number of benzene rings is 2. The third-order valence-electron chi connectivity index (χ3n) is 4.74.